The van der Waals surface area contributed by atoms with Gasteiger partial charge in [0.1, 0.15) is 12.6 Å². The Balaban J connectivity index is 1.82. The molecule has 2 unspecified atom stereocenters. The van der Waals surface area contributed by atoms with Crippen LogP contribution in [0, 0.1) is 13.8 Å². The third kappa shape index (κ3) is 8.83. The van der Waals surface area contributed by atoms with Crippen LogP contribution in [0.15, 0.2) is 112 Å². The van der Waals surface area contributed by atoms with Gasteiger partial charge in [-0.05, 0) is 85.8 Å². The van der Waals surface area contributed by atoms with Gasteiger partial charge in [-0.15, -0.1) is 0 Å². The topological polar surface area (TPSA) is 86.8 Å². The largest absolute Gasteiger partial charge is 0.352 e. The van der Waals surface area contributed by atoms with Crippen LogP contribution in [-0.2, 0) is 32.6 Å². The molecule has 0 aromatic heterocycles. The number of amides is 2. The highest BCUT2D eigenvalue weighted by molar-refractivity contribution is 9.10. The van der Waals surface area contributed by atoms with Crippen molar-refractivity contribution in [3.63, 3.8) is 0 Å². The van der Waals surface area contributed by atoms with Crippen molar-refractivity contribution in [2.75, 3.05) is 10.8 Å². The van der Waals surface area contributed by atoms with Crippen LogP contribution in [0.25, 0.3) is 0 Å². The van der Waals surface area contributed by atoms with Crippen molar-refractivity contribution in [3.8, 4) is 0 Å². The standard InChI is InChI=1S/C36H40BrN3O4S/c1-5-28(4)38-36(42)34(23-29-13-8-6-9-14-29)39(24-30-15-12-16-31(37)22-30)35(41)25-40(32-20-19-26(2)27(3)21-32)45(43,44)33-17-10-7-11-18-33/h6-22,28,34H,5,23-25H2,1-4H3,(H,38,42). The summed E-state index contributed by atoms with van der Waals surface area (Å²) in [6.07, 6.45) is 0.983. The summed E-state index contributed by atoms with van der Waals surface area (Å²) in [5, 5.41) is 3.06. The third-order valence-corrected chi connectivity index (χ3v) is 10.2. The van der Waals surface area contributed by atoms with E-state index in [4.69, 9.17) is 0 Å². The van der Waals surface area contributed by atoms with Crippen LogP contribution in [0.5, 0.6) is 0 Å². The fourth-order valence-corrected chi connectivity index (χ4v) is 6.83. The van der Waals surface area contributed by atoms with E-state index >= 15 is 0 Å². The number of benzene rings is 4. The molecule has 0 saturated heterocycles. The Kier molecular flexibility index (Phi) is 11.6. The van der Waals surface area contributed by atoms with Crippen molar-refractivity contribution in [1.29, 1.82) is 0 Å². The molecule has 7 nitrogen and oxygen atoms in total. The van der Waals surface area contributed by atoms with Crippen molar-refractivity contribution < 1.29 is 18.0 Å². The molecule has 0 radical (unpaired) electrons. The Bertz CT molecular complexity index is 1720. The van der Waals surface area contributed by atoms with Crippen LogP contribution in [0.2, 0.25) is 0 Å². The molecule has 4 rings (SSSR count). The van der Waals surface area contributed by atoms with E-state index in [1.807, 2.05) is 88.4 Å². The van der Waals surface area contributed by atoms with E-state index in [0.717, 1.165) is 37.5 Å². The third-order valence-electron chi connectivity index (χ3n) is 7.90. The lowest BCUT2D eigenvalue weighted by Crippen LogP contribution is -2.54. The molecule has 0 heterocycles. The minimum atomic E-state index is -4.14. The van der Waals surface area contributed by atoms with Crippen LogP contribution in [-0.4, -0.2) is 43.8 Å². The van der Waals surface area contributed by atoms with Crippen molar-refractivity contribution in [2.45, 2.75) is 64.1 Å². The van der Waals surface area contributed by atoms with Crippen molar-refractivity contribution in [1.82, 2.24) is 10.2 Å². The normalized spacial score (nSPS) is 12.6. The summed E-state index contributed by atoms with van der Waals surface area (Å²) in [5.74, 6) is -0.784. The molecule has 2 amide bonds. The van der Waals surface area contributed by atoms with Crippen LogP contribution in [0.4, 0.5) is 5.69 Å². The van der Waals surface area contributed by atoms with E-state index in [0.29, 0.717) is 5.69 Å². The lowest BCUT2D eigenvalue weighted by Gasteiger charge is -2.34. The zero-order valence-corrected chi connectivity index (χ0v) is 28.5. The number of nitrogens with one attached hydrogen (secondary N) is 1. The first-order chi connectivity index (χ1) is 21.5. The predicted octanol–water partition coefficient (Wildman–Crippen LogP) is 6.82. The number of nitrogens with zero attached hydrogens (tertiary/aromatic N) is 2. The second kappa shape index (κ2) is 15.4. The number of halogens is 1. The Labute approximate surface area is 275 Å². The molecule has 0 spiro atoms. The Morgan fingerprint density at radius 1 is 0.822 bits per heavy atom. The molecule has 0 aliphatic rings. The first-order valence-corrected chi connectivity index (χ1v) is 17.3. The van der Waals surface area contributed by atoms with E-state index in [-0.39, 0.29) is 29.8 Å². The number of sulfonamides is 1. The van der Waals surface area contributed by atoms with Gasteiger partial charge in [0, 0.05) is 23.5 Å². The highest BCUT2D eigenvalue weighted by Gasteiger charge is 2.35. The van der Waals surface area contributed by atoms with Gasteiger partial charge in [0.15, 0.2) is 0 Å². The first kappa shape index (κ1) is 33.9. The van der Waals surface area contributed by atoms with Gasteiger partial charge in [0.25, 0.3) is 10.0 Å². The maximum atomic E-state index is 14.6. The van der Waals surface area contributed by atoms with E-state index in [1.54, 1.807) is 30.3 Å². The van der Waals surface area contributed by atoms with Crippen molar-refractivity contribution in [2.24, 2.45) is 0 Å². The number of rotatable bonds is 13. The monoisotopic (exact) mass is 689 g/mol. The van der Waals surface area contributed by atoms with Crippen LogP contribution in [0.3, 0.4) is 0 Å². The van der Waals surface area contributed by atoms with Gasteiger partial charge in [-0.2, -0.15) is 0 Å². The number of carbonyl (C=O) groups excluding carboxylic acids is 2. The molecule has 0 aliphatic carbocycles. The molecule has 45 heavy (non-hydrogen) atoms. The molecular formula is C36H40BrN3O4S. The molecule has 1 N–H and O–H groups in total. The smallest absolute Gasteiger partial charge is 0.264 e. The van der Waals surface area contributed by atoms with Gasteiger partial charge in [0.05, 0.1) is 10.6 Å². The maximum absolute atomic E-state index is 14.6. The number of anilines is 1. The van der Waals surface area contributed by atoms with Gasteiger partial charge in [-0.3, -0.25) is 13.9 Å². The highest BCUT2D eigenvalue weighted by Crippen LogP contribution is 2.27. The number of hydrogen-bond acceptors (Lipinski definition) is 4. The molecule has 4 aromatic carbocycles. The van der Waals surface area contributed by atoms with Crippen LogP contribution < -0.4 is 9.62 Å². The van der Waals surface area contributed by atoms with E-state index in [1.165, 1.54) is 17.0 Å². The first-order valence-electron chi connectivity index (χ1n) is 15.0. The zero-order chi connectivity index (χ0) is 32.6. The number of hydrogen-bond donors (Lipinski definition) is 1. The molecule has 0 bridgehead atoms. The van der Waals surface area contributed by atoms with Crippen molar-refractivity contribution in [3.05, 3.63) is 130 Å². The number of carbonyl (C=O) groups is 2. The van der Waals surface area contributed by atoms with Gasteiger partial charge < -0.3 is 10.2 Å². The minimum Gasteiger partial charge on any atom is -0.352 e. The molecule has 9 heteroatoms. The van der Waals surface area contributed by atoms with Crippen LogP contribution in [0.1, 0.15) is 42.5 Å². The average molecular weight is 691 g/mol. The average Bonchev–Trinajstić information content (AvgIpc) is 3.03. The summed E-state index contributed by atoms with van der Waals surface area (Å²) in [4.78, 5) is 30.1. The molecule has 236 valence electrons. The molecule has 0 aliphatic heterocycles. The molecule has 0 saturated carbocycles. The molecule has 2 atom stereocenters. The Morgan fingerprint density at radius 2 is 1.47 bits per heavy atom. The molecule has 4 aromatic rings. The SMILES string of the molecule is CCC(C)NC(=O)C(Cc1ccccc1)N(Cc1cccc(Br)c1)C(=O)CN(c1ccc(C)c(C)c1)S(=O)(=O)c1ccccc1. The summed E-state index contributed by atoms with van der Waals surface area (Å²) >= 11 is 3.52. The predicted molar refractivity (Wildman–Crippen MR) is 183 cm³/mol. The van der Waals surface area contributed by atoms with E-state index in [2.05, 4.69) is 21.2 Å². The van der Waals surface area contributed by atoms with Gasteiger partial charge in [-0.25, -0.2) is 8.42 Å². The fraction of sp³-hybridized carbons (Fsp3) is 0.278. The van der Waals surface area contributed by atoms with E-state index in [9.17, 15) is 18.0 Å². The summed E-state index contributed by atoms with van der Waals surface area (Å²) in [6, 6.07) is 29.5. The Hall–Kier alpha value is -3.95. The lowest BCUT2D eigenvalue weighted by molar-refractivity contribution is -0.140. The van der Waals surface area contributed by atoms with Gasteiger partial charge in [-0.1, -0.05) is 89.6 Å². The summed E-state index contributed by atoms with van der Waals surface area (Å²) in [7, 11) is -4.14. The highest BCUT2D eigenvalue weighted by atomic mass is 79.9. The number of aryl methyl sites for hydroxylation is 2. The Morgan fingerprint density at radius 3 is 2.09 bits per heavy atom. The van der Waals surface area contributed by atoms with Gasteiger partial charge in [0.2, 0.25) is 11.8 Å². The summed E-state index contributed by atoms with van der Waals surface area (Å²) in [5.41, 5.74) is 3.96. The van der Waals surface area contributed by atoms with Gasteiger partial charge >= 0.3 is 0 Å². The molecular weight excluding hydrogens is 650 g/mol. The second-order valence-electron chi connectivity index (χ2n) is 11.3. The van der Waals surface area contributed by atoms with Crippen LogP contribution >= 0.6 is 15.9 Å². The maximum Gasteiger partial charge on any atom is 0.264 e. The fourth-order valence-electron chi connectivity index (χ4n) is 4.96. The quantitative estimate of drug-likeness (QED) is 0.167. The summed E-state index contributed by atoms with van der Waals surface area (Å²) in [6.45, 7) is 7.38. The lowest BCUT2D eigenvalue weighted by atomic mass is 10.0. The second-order valence-corrected chi connectivity index (χ2v) is 14.0. The van der Waals surface area contributed by atoms with E-state index < -0.39 is 28.5 Å². The summed E-state index contributed by atoms with van der Waals surface area (Å²) < 4.78 is 30.3. The minimum absolute atomic E-state index is 0.0740. The zero-order valence-electron chi connectivity index (χ0n) is 26.1. The van der Waals surface area contributed by atoms with Crippen molar-refractivity contribution >= 4 is 43.5 Å². The molecule has 0 fully saturated rings.